The predicted molar refractivity (Wildman–Crippen MR) is 64.0 cm³/mol. The molecule has 0 saturated heterocycles. The lowest BCUT2D eigenvalue weighted by Gasteiger charge is -2.22. The first-order valence-corrected chi connectivity index (χ1v) is 5.96. The van der Waals surface area contributed by atoms with Crippen molar-refractivity contribution in [3.8, 4) is 0 Å². The minimum Gasteiger partial charge on any atom is -0.330 e. The highest BCUT2D eigenvalue weighted by atomic mass is 35.5. The summed E-state index contributed by atoms with van der Waals surface area (Å²) in [6.07, 6.45) is 2.15. The minimum absolute atomic E-state index is 0.455. The van der Waals surface area contributed by atoms with Crippen molar-refractivity contribution < 1.29 is 0 Å². The van der Waals surface area contributed by atoms with Gasteiger partial charge in [0.05, 0.1) is 4.34 Å². The molecule has 0 amide bonds. The molecular formula is C10H17ClN2S. The van der Waals surface area contributed by atoms with E-state index in [0.29, 0.717) is 6.04 Å². The number of halogens is 1. The van der Waals surface area contributed by atoms with E-state index in [1.165, 1.54) is 4.88 Å². The molecule has 2 nitrogen and oxygen atoms in total. The summed E-state index contributed by atoms with van der Waals surface area (Å²) in [6.45, 7) is 0.753. The fourth-order valence-corrected chi connectivity index (χ4v) is 2.77. The molecule has 0 bridgehead atoms. The molecule has 0 fully saturated rings. The molecule has 0 aliphatic carbocycles. The molecule has 1 aromatic rings. The Morgan fingerprint density at radius 2 is 2.21 bits per heavy atom. The van der Waals surface area contributed by atoms with Crippen molar-refractivity contribution in [3.05, 3.63) is 21.3 Å². The molecule has 1 heterocycles. The van der Waals surface area contributed by atoms with E-state index in [2.05, 4.69) is 25.1 Å². The molecule has 0 aromatic carbocycles. The molecule has 14 heavy (non-hydrogen) atoms. The number of thiophene rings is 1. The van der Waals surface area contributed by atoms with Crippen LogP contribution in [0.1, 0.15) is 23.8 Å². The first kappa shape index (κ1) is 12.0. The zero-order valence-corrected chi connectivity index (χ0v) is 10.2. The van der Waals surface area contributed by atoms with Crippen LogP contribution in [0.25, 0.3) is 0 Å². The van der Waals surface area contributed by atoms with Gasteiger partial charge in [-0.25, -0.2) is 0 Å². The van der Waals surface area contributed by atoms with Gasteiger partial charge >= 0.3 is 0 Å². The van der Waals surface area contributed by atoms with Gasteiger partial charge in [0.1, 0.15) is 0 Å². The summed E-state index contributed by atoms with van der Waals surface area (Å²) >= 11 is 7.58. The SMILES string of the molecule is CN(C)C(CCCN)c1ccc(Cl)s1. The molecular weight excluding hydrogens is 216 g/mol. The summed E-state index contributed by atoms with van der Waals surface area (Å²) < 4.78 is 0.861. The Morgan fingerprint density at radius 3 is 2.64 bits per heavy atom. The van der Waals surface area contributed by atoms with Gasteiger partial charge in [-0.05, 0) is 45.6 Å². The van der Waals surface area contributed by atoms with Crippen LogP contribution in [0.3, 0.4) is 0 Å². The Balaban J connectivity index is 2.67. The maximum absolute atomic E-state index is 5.92. The number of nitrogens with two attached hydrogens (primary N) is 1. The topological polar surface area (TPSA) is 29.3 Å². The molecule has 1 rings (SSSR count). The van der Waals surface area contributed by atoms with E-state index >= 15 is 0 Å². The second-order valence-corrected chi connectivity index (χ2v) is 5.30. The van der Waals surface area contributed by atoms with Gasteiger partial charge in [0.2, 0.25) is 0 Å². The normalized spacial score (nSPS) is 13.5. The Labute approximate surface area is 94.7 Å². The molecule has 1 aromatic heterocycles. The van der Waals surface area contributed by atoms with Crippen LogP contribution in [0, 0.1) is 0 Å². The highest BCUT2D eigenvalue weighted by molar-refractivity contribution is 7.16. The van der Waals surface area contributed by atoms with Crippen LogP contribution in [0.5, 0.6) is 0 Å². The standard InChI is InChI=1S/C10H17ClN2S/c1-13(2)8(4-3-7-12)9-5-6-10(11)14-9/h5-6,8H,3-4,7,12H2,1-2H3. The zero-order valence-electron chi connectivity index (χ0n) is 8.66. The molecule has 0 radical (unpaired) electrons. The summed E-state index contributed by atoms with van der Waals surface area (Å²) in [4.78, 5) is 3.55. The van der Waals surface area contributed by atoms with Crippen LogP contribution in [-0.4, -0.2) is 25.5 Å². The molecule has 4 heteroatoms. The molecule has 1 unspecified atom stereocenters. The van der Waals surface area contributed by atoms with E-state index in [-0.39, 0.29) is 0 Å². The van der Waals surface area contributed by atoms with Gasteiger partial charge in [0.25, 0.3) is 0 Å². The average molecular weight is 233 g/mol. The molecule has 0 spiro atoms. The maximum Gasteiger partial charge on any atom is 0.0931 e. The molecule has 0 aliphatic rings. The van der Waals surface area contributed by atoms with Gasteiger partial charge in [-0.15, -0.1) is 11.3 Å². The fourth-order valence-electron chi connectivity index (χ4n) is 1.47. The Hall–Kier alpha value is -0.0900. The highest BCUT2D eigenvalue weighted by Gasteiger charge is 2.15. The van der Waals surface area contributed by atoms with E-state index in [0.717, 1.165) is 23.7 Å². The van der Waals surface area contributed by atoms with E-state index < -0.39 is 0 Å². The van der Waals surface area contributed by atoms with Crippen LogP contribution in [0.4, 0.5) is 0 Å². The molecule has 0 aliphatic heterocycles. The number of nitrogens with zero attached hydrogens (tertiary/aromatic N) is 1. The summed E-state index contributed by atoms with van der Waals surface area (Å²) in [5.41, 5.74) is 5.52. The van der Waals surface area contributed by atoms with E-state index in [9.17, 15) is 0 Å². The second-order valence-electron chi connectivity index (χ2n) is 3.55. The van der Waals surface area contributed by atoms with Crippen LogP contribution in [-0.2, 0) is 0 Å². The van der Waals surface area contributed by atoms with Crippen LogP contribution in [0.2, 0.25) is 4.34 Å². The van der Waals surface area contributed by atoms with Crippen molar-refractivity contribution in [2.24, 2.45) is 5.73 Å². The van der Waals surface area contributed by atoms with Crippen molar-refractivity contribution in [2.75, 3.05) is 20.6 Å². The van der Waals surface area contributed by atoms with Gasteiger partial charge in [-0.2, -0.15) is 0 Å². The first-order chi connectivity index (χ1) is 6.65. The third-order valence-corrected chi connectivity index (χ3v) is 3.56. The highest BCUT2D eigenvalue weighted by Crippen LogP contribution is 2.31. The largest absolute Gasteiger partial charge is 0.330 e. The van der Waals surface area contributed by atoms with Gasteiger partial charge in [0.15, 0.2) is 0 Å². The van der Waals surface area contributed by atoms with Crippen molar-refractivity contribution in [1.82, 2.24) is 4.90 Å². The van der Waals surface area contributed by atoms with E-state index in [1.807, 2.05) is 6.07 Å². The van der Waals surface area contributed by atoms with Gasteiger partial charge in [0, 0.05) is 10.9 Å². The monoisotopic (exact) mass is 232 g/mol. The predicted octanol–water partition coefficient (Wildman–Crippen LogP) is 2.74. The van der Waals surface area contributed by atoms with Gasteiger partial charge in [-0.1, -0.05) is 11.6 Å². The molecule has 2 N–H and O–H groups in total. The number of hydrogen-bond acceptors (Lipinski definition) is 3. The lowest BCUT2D eigenvalue weighted by atomic mass is 10.1. The maximum atomic E-state index is 5.92. The Morgan fingerprint density at radius 1 is 1.50 bits per heavy atom. The van der Waals surface area contributed by atoms with Crippen molar-refractivity contribution >= 4 is 22.9 Å². The van der Waals surface area contributed by atoms with Gasteiger partial charge in [-0.3, -0.25) is 0 Å². The third kappa shape index (κ3) is 3.24. The van der Waals surface area contributed by atoms with E-state index in [1.54, 1.807) is 11.3 Å². The fraction of sp³-hybridized carbons (Fsp3) is 0.600. The molecule has 80 valence electrons. The molecule has 0 saturated carbocycles. The smallest absolute Gasteiger partial charge is 0.0931 e. The van der Waals surface area contributed by atoms with Crippen molar-refractivity contribution in [3.63, 3.8) is 0 Å². The molecule has 1 atom stereocenters. The number of hydrogen-bond donors (Lipinski definition) is 1. The minimum atomic E-state index is 0.455. The second kappa shape index (κ2) is 5.71. The van der Waals surface area contributed by atoms with Crippen LogP contribution >= 0.6 is 22.9 Å². The van der Waals surface area contributed by atoms with Gasteiger partial charge < -0.3 is 10.6 Å². The van der Waals surface area contributed by atoms with E-state index in [4.69, 9.17) is 17.3 Å². The quantitative estimate of drug-likeness (QED) is 0.846. The zero-order chi connectivity index (χ0) is 10.6. The van der Waals surface area contributed by atoms with Crippen LogP contribution in [0.15, 0.2) is 12.1 Å². The summed E-state index contributed by atoms with van der Waals surface area (Å²) in [5.74, 6) is 0. The average Bonchev–Trinajstić information content (AvgIpc) is 2.52. The van der Waals surface area contributed by atoms with Crippen molar-refractivity contribution in [2.45, 2.75) is 18.9 Å². The number of rotatable bonds is 5. The first-order valence-electron chi connectivity index (χ1n) is 4.77. The van der Waals surface area contributed by atoms with Crippen LogP contribution < -0.4 is 5.73 Å². The third-order valence-electron chi connectivity index (χ3n) is 2.23. The Bertz CT molecular complexity index is 273. The Kier molecular flexibility index (Phi) is 4.89. The summed E-state index contributed by atoms with van der Waals surface area (Å²) in [7, 11) is 4.18. The lowest BCUT2D eigenvalue weighted by molar-refractivity contribution is 0.284. The van der Waals surface area contributed by atoms with Crippen molar-refractivity contribution in [1.29, 1.82) is 0 Å². The summed E-state index contributed by atoms with van der Waals surface area (Å²) in [6, 6.07) is 4.52. The lowest BCUT2D eigenvalue weighted by Crippen LogP contribution is -2.19. The summed E-state index contributed by atoms with van der Waals surface area (Å²) in [5, 5.41) is 0.